The van der Waals surface area contributed by atoms with Gasteiger partial charge in [-0.3, -0.25) is 0 Å². The van der Waals surface area contributed by atoms with Crippen LogP contribution in [0.1, 0.15) is 6.92 Å². The van der Waals surface area contributed by atoms with Gasteiger partial charge < -0.3 is 9.72 Å². The number of hydrogen-bond acceptors (Lipinski definition) is 3. The number of para-hydroxylation sites is 1. The Morgan fingerprint density at radius 3 is 2.83 bits per heavy atom. The number of thiophene rings is 1. The molecule has 0 aliphatic rings. The summed E-state index contributed by atoms with van der Waals surface area (Å²) in [4.78, 5) is 7.75. The molecule has 0 saturated carbocycles. The lowest BCUT2D eigenvalue weighted by Crippen LogP contribution is -1.93. The molecule has 24 heavy (non-hydrogen) atoms. The number of rotatable bonds is 4. The predicted molar refractivity (Wildman–Crippen MR) is 101 cm³/mol. The van der Waals surface area contributed by atoms with Gasteiger partial charge in [0.25, 0.3) is 0 Å². The van der Waals surface area contributed by atoms with Gasteiger partial charge in [-0.05, 0) is 36.2 Å². The third kappa shape index (κ3) is 2.58. The molecule has 120 valence electrons. The molecule has 0 unspecified atom stereocenters. The summed E-state index contributed by atoms with van der Waals surface area (Å²) in [6, 6.07) is 12.1. The van der Waals surface area contributed by atoms with E-state index in [9.17, 15) is 0 Å². The van der Waals surface area contributed by atoms with Crippen molar-refractivity contribution in [3.8, 4) is 28.0 Å². The van der Waals surface area contributed by atoms with E-state index in [1.807, 2.05) is 49.6 Å². The number of halogens is 1. The molecule has 0 radical (unpaired) electrons. The second-order valence-corrected chi connectivity index (χ2v) is 6.90. The van der Waals surface area contributed by atoms with Crippen molar-refractivity contribution in [2.75, 3.05) is 6.61 Å². The molecule has 0 bridgehead atoms. The predicted octanol–water partition coefficient (Wildman–Crippen LogP) is 6.01. The van der Waals surface area contributed by atoms with Gasteiger partial charge in [-0.2, -0.15) is 0 Å². The van der Waals surface area contributed by atoms with Crippen molar-refractivity contribution in [3.63, 3.8) is 0 Å². The molecule has 0 aliphatic carbocycles. The SMILES string of the molecule is CCOc1ccccc1-c1c[nH]c2nccc(-c3csc(Cl)c3)c12. The Labute approximate surface area is 148 Å². The molecule has 1 N–H and O–H groups in total. The summed E-state index contributed by atoms with van der Waals surface area (Å²) in [5.41, 5.74) is 5.22. The van der Waals surface area contributed by atoms with Crippen LogP contribution in [-0.2, 0) is 0 Å². The molecule has 3 aromatic heterocycles. The first kappa shape index (κ1) is 15.2. The summed E-state index contributed by atoms with van der Waals surface area (Å²) in [5.74, 6) is 0.874. The van der Waals surface area contributed by atoms with Crippen molar-refractivity contribution in [2.45, 2.75) is 6.92 Å². The Balaban J connectivity index is 1.98. The highest BCUT2D eigenvalue weighted by atomic mass is 35.5. The average molecular weight is 355 g/mol. The molecule has 0 saturated heterocycles. The van der Waals surface area contributed by atoms with E-state index in [1.54, 1.807) is 0 Å². The zero-order valence-electron chi connectivity index (χ0n) is 13.0. The molecule has 3 nitrogen and oxygen atoms in total. The van der Waals surface area contributed by atoms with Gasteiger partial charge >= 0.3 is 0 Å². The number of ether oxygens (including phenoxy) is 1. The van der Waals surface area contributed by atoms with E-state index < -0.39 is 0 Å². The van der Waals surface area contributed by atoms with E-state index in [2.05, 4.69) is 21.4 Å². The zero-order chi connectivity index (χ0) is 16.5. The second kappa shape index (κ2) is 6.30. The third-order valence-electron chi connectivity index (χ3n) is 3.93. The molecule has 3 heterocycles. The molecule has 0 atom stereocenters. The molecule has 5 heteroatoms. The number of hydrogen-bond donors (Lipinski definition) is 1. The Morgan fingerprint density at radius 2 is 2.04 bits per heavy atom. The highest BCUT2D eigenvalue weighted by molar-refractivity contribution is 7.14. The van der Waals surface area contributed by atoms with Crippen LogP contribution >= 0.6 is 22.9 Å². The summed E-state index contributed by atoms with van der Waals surface area (Å²) >= 11 is 7.67. The first-order chi connectivity index (χ1) is 11.8. The van der Waals surface area contributed by atoms with Crippen LogP contribution in [0.3, 0.4) is 0 Å². The van der Waals surface area contributed by atoms with E-state index in [0.717, 1.165) is 43.4 Å². The standard InChI is InChI=1S/C19H15ClN2OS/c1-2-23-16-6-4-3-5-14(16)15-10-22-19-18(15)13(7-8-21-19)12-9-17(20)24-11-12/h3-11H,2H2,1H3,(H,21,22). The Bertz CT molecular complexity index is 1010. The van der Waals surface area contributed by atoms with Gasteiger partial charge in [0, 0.05) is 34.3 Å². The quantitative estimate of drug-likeness (QED) is 0.487. The minimum absolute atomic E-state index is 0.630. The Hall–Kier alpha value is -2.30. The maximum atomic E-state index is 6.13. The van der Waals surface area contributed by atoms with E-state index in [4.69, 9.17) is 16.3 Å². The summed E-state index contributed by atoms with van der Waals surface area (Å²) in [5, 5.41) is 3.15. The fourth-order valence-corrected chi connectivity index (χ4v) is 3.81. The van der Waals surface area contributed by atoms with Crippen molar-refractivity contribution in [1.82, 2.24) is 9.97 Å². The summed E-state index contributed by atoms with van der Waals surface area (Å²) in [6.07, 6.45) is 3.81. The smallest absolute Gasteiger partial charge is 0.138 e. The van der Waals surface area contributed by atoms with Crippen LogP contribution in [0.25, 0.3) is 33.3 Å². The van der Waals surface area contributed by atoms with Crippen molar-refractivity contribution in [3.05, 3.63) is 58.5 Å². The first-order valence-corrected chi connectivity index (χ1v) is 8.96. The molecule has 0 spiro atoms. The number of benzene rings is 1. The molecular formula is C19H15ClN2OS. The van der Waals surface area contributed by atoms with Crippen molar-refractivity contribution < 1.29 is 4.74 Å². The molecule has 4 aromatic rings. The normalized spacial score (nSPS) is 11.1. The van der Waals surface area contributed by atoms with Crippen LogP contribution in [0.15, 0.2) is 54.2 Å². The number of H-pyrrole nitrogens is 1. The fraction of sp³-hybridized carbons (Fsp3) is 0.105. The van der Waals surface area contributed by atoms with Gasteiger partial charge in [-0.25, -0.2) is 4.98 Å². The van der Waals surface area contributed by atoms with Crippen LogP contribution in [-0.4, -0.2) is 16.6 Å². The molecule has 4 rings (SSSR count). The van der Waals surface area contributed by atoms with Crippen LogP contribution < -0.4 is 4.74 Å². The summed E-state index contributed by atoms with van der Waals surface area (Å²) < 4.78 is 6.59. The molecule has 0 fully saturated rings. The lowest BCUT2D eigenvalue weighted by atomic mass is 9.99. The van der Waals surface area contributed by atoms with E-state index in [-0.39, 0.29) is 0 Å². The molecule has 0 amide bonds. The van der Waals surface area contributed by atoms with Gasteiger partial charge in [0.2, 0.25) is 0 Å². The van der Waals surface area contributed by atoms with Gasteiger partial charge in [0.1, 0.15) is 11.4 Å². The fourth-order valence-electron chi connectivity index (χ4n) is 2.93. The number of pyridine rings is 1. The lowest BCUT2D eigenvalue weighted by molar-refractivity contribution is 0.341. The van der Waals surface area contributed by atoms with Crippen LogP contribution in [0.5, 0.6) is 5.75 Å². The van der Waals surface area contributed by atoms with Gasteiger partial charge in [-0.15, -0.1) is 11.3 Å². The lowest BCUT2D eigenvalue weighted by Gasteiger charge is -2.10. The van der Waals surface area contributed by atoms with Crippen LogP contribution in [0.4, 0.5) is 0 Å². The molecular weight excluding hydrogens is 340 g/mol. The number of aromatic nitrogens is 2. The van der Waals surface area contributed by atoms with Crippen molar-refractivity contribution in [2.24, 2.45) is 0 Å². The number of fused-ring (bicyclic) bond motifs is 1. The van der Waals surface area contributed by atoms with Crippen LogP contribution in [0.2, 0.25) is 4.34 Å². The van der Waals surface area contributed by atoms with Gasteiger partial charge in [-0.1, -0.05) is 29.8 Å². The van der Waals surface area contributed by atoms with Gasteiger partial charge in [0.05, 0.1) is 10.9 Å². The Morgan fingerprint density at radius 1 is 1.17 bits per heavy atom. The van der Waals surface area contributed by atoms with E-state index >= 15 is 0 Å². The molecule has 1 aromatic carbocycles. The minimum Gasteiger partial charge on any atom is -0.493 e. The number of aromatic amines is 1. The topological polar surface area (TPSA) is 37.9 Å². The maximum Gasteiger partial charge on any atom is 0.138 e. The number of nitrogens with one attached hydrogen (secondary N) is 1. The maximum absolute atomic E-state index is 6.13. The number of nitrogens with zero attached hydrogens (tertiary/aromatic N) is 1. The molecule has 0 aliphatic heterocycles. The summed E-state index contributed by atoms with van der Waals surface area (Å²) in [6.45, 7) is 2.62. The average Bonchev–Trinajstić information content (AvgIpc) is 3.22. The van der Waals surface area contributed by atoms with E-state index in [0.29, 0.717) is 6.61 Å². The zero-order valence-corrected chi connectivity index (χ0v) is 14.6. The minimum atomic E-state index is 0.630. The van der Waals surface area contributed by atoms with Crippen LogP contribution in [0, 0.1) is 0 Å². The first-order valence-electron chi connectivity index (χ1n) is 7.70. The summed E-state index contributed by atoms with van der Waals surface area (Å²) in [7, 11) is 0. The highest BCUT2D eigenvalue weighted by Crippen LogP contribution is 2.40. The Kier molecular flexibility index (Phi) is 4.00. The third-order valence-corrected chi connectivity index (χ3v) is 5.02. The van der Waals surface area contributed by atoms with E-state index in [1.165, 1.54) is 11.3 Å². The van der Waals surface area contributed by atoms with Crippen molar-refractivity contribution in [1.29, 1.82) is 0 Å². The van der Waals surface area contributed by atoms with Crippen molar-refractivity contribution >= 4 is 34.0 Å². The second-order valence-electron chi connectivity index (χ2n) is 5.35. The highest BCUT2D eigenvalue weighted by Gasteiger charge is 2.16. The van der Waals surface area contributed by atoms with Gasteiger partial charge in [0.15, 0.2) is 0 Å². The monoisotopic (exact) mass is 354 g/mol. The largest absolute Gasteiger partial charge is 0.493 e.